The number of non-ortho nitro benzene ring substituents is 1. The quantitative estimate of drug-likeness (QED) is 0.183. The van der Waals surface area contributed by atoms with E-state index in [0.717, 1.165) is 12.8 Å². The van der Waals surface area contributed by atoms with E-state index in [4.69, 9.17) is 0 Å². The zero-order valence-corrected chi connectivity index (χ0v) is 16.5. The van der Waals surface area contributed by atoms with E-state index in [1.807, 2.05) is 0 Å². The molecule has 0 aliphatic carbocycles. The molecule has 150 valence electrons. The summed E-state index contributed by atoms with van der Waals surface area (Å²) in [5.41, 5.74) is 3.06. The average Bonchev–Trinajstić information content (AvgIpc) is 2.66. The van der Waals surface area contributed by atoms with Crippen molar-refractivity contribution in [2.24, 2.45) is 5.10 Å². The third-order valence-corrected chi connectivity index (χ3v) is 4.49. The summed E-state index contributed by atoms with van der Waals surface area (Å²) in [7, 11) is 0. The number of nitro groups is 1. The van der Waals surface area contributed by atoms with Crippen LogP contribution in [0.1, 0.15) is 89.5 Å². The molecule has 0 unspecified atom stereocenters. The van der Waals surface area contributed by atoms with Gasteiger partial charge in [0.1, 0.15) is 0 Å². The summed E-state index contributed by atoms with van der Waals surface area (Å²) in [6.45, 7) is 2.24. The van der Waals surface area contributed by atoms with Crippen molar-refractivity contribution in [3.8, 4) is 0 Å². The lowest BCUT2D eigenvalue weighted by Gasteiger charge is -2.02. The predicted molar refractivity (Wildman–Crippen MR) is 110 cm³/mol. The highest BCUT2D eigenvalue weighted by Gasteiger charge is 2.04. The van der Waals surface area contributed by atoms with E-state index in [1.165, 1.54) is 76.1 Å². The first-order valence-electron chi connectivity index (χ1n) is 10.2. The van der Waals surface area contributed by atoms with Crippen molar-refractivity contribution < 1.29 is 9.72 Å². The van der Waals surface area contributed by atoms with Gasteiger partial charge in [-0.1, -0.05) is 83.3 Å². The van der Waals surface area contributed by atoms with E-state index in [2.05, 4.69) is 17.5 Å². The Kier molecular flexibility index (Phi) is 12.6. The predicted octanol–water partition coefficient (Wildman–Crippen LogP) is 5.75. The molecule has 0 aromatic heterocycles. The van der Waals surface area contributed by atoms with E-state index in [-0.39, 0.29) is 11.6 Å². The van der Waals surface area contributed by atoms with Gasteiger partial charge in [0.2, 0.25) is 5.91 Å². The minimum Gasteiger partial charge on any atom is -0.273 e. The second-order valence-corrected chi connectivity index (χ2v) is 6.93. The average molecular weight is 376 g/mol. The molecule has 0 saturated carbocycles. The number of amides is 1. The summed E-state index contributed by atoms with van der Waals surface area (Å²) in [4.78, 5) is 22.0. The molecule has 0 radical (unpaired) electrons. The number of carbonyl (C=O) groups excluding carboxylic acids is 1. The number of hydrogen-bond acceptors (Lipinski definition) is 4. The maximum atomic E-state index is 11.7. The molecular formula is C21H33N3O3. The Morgan fingerprint density at radius 1 is 1.04 bits per heavy atom. The lowest BCUT2D eigenvalue weighted by atomic mass is 10.1. The van der Waals surface area contributed by atoms with Crippen molar-refractivity contribution in [2.75, 3.05) is 0 Å². The molecule has 0 heterocycles. The van der Waals surface area contributed by atoms with Gasteiger partial charge in [-0.25, -0.2) is 5.43 Å². The molecule has 0 aliphatic heterocycles. The van der Waals surface area contributed by atoms with Gasteiger partial charge in [0.15, 0.2) is 0 Å². The monoisotopic (exact) mass is 375 g/mol. The first-order valence-corrected chi connectivity index (χ1v) is 10.2. The molecule has 27 heavy (non-hydrogen) atoms. The summed E-state index contributed by atoms with van der Waals surface area (Å²) in [5.74, 6) is -0.118. The van der Waals surface area contributed by atoms with Gasteiger partial charge >= 0.3 is 0 Å². The maximum absolute atomic E-state index is 11.7. The summed E-state index contributed by atoms with van der Waals surface area (Å²) < 4.78 is 0. The van der Waals surface area contributed by atoms with E-state index in [1.54, 1.807) is 12.1 Å². The van der Waals surface area contributed by atoms with Crippen LogP contribution in [-0.4, -0.2) is 17.0 Å². The van der Waals surface area contributed by atoms with Crippen LogP contribution in [0.5, 0.6) is 0 Å². The molecule has 0 atom stereocenters. The summed E-state index contributed by atoms with van der Waals surface area (Å²) in [6, 6.07) is 6.13. The highest BCUT2D eigenvalue weighted by molar-refractivity contribution is 5.83. The van der Waals surface area contributed by atoms with Gasteiger partial charge in [-0.3, -0.25) is 14.9 Å². The van der Waals surface area contributed by atoms with E-state index >= 15 is 0 Å². The third-order valence-electron chi connectivity index (χ3n) is 4.49. The Balaban J connectivity index is 2.03. The number of benzene rings is 1. The van der Waals surface area contributed by atoms with Crippen LogP contribution in [0.2, 0.25) is 0 Å². The Morgan fingerprint density at radius 2 is 1.63 bits per heavy atom. The molecule has 1 aromatic carbocycles. The number of hydrogen-bond donors (Lipinski definition) is 1. The highest BCUT2D eigenvalue weighted by atomic mass is 16.6. The fourth-order valence-corrected chi connectivity index (χ4v) is 2.90. The Bertz CT molecular complexity index is 588. The van der Waals surface area contributed by atoms with Gasteiger partial charge in [-0.2, -0.15) is 5.10 Å². The van der Waals surface area contributed by atoms with Crippen LogP contribution in [0, 0.1) is 10.1 Å². The standard InChI is InChI=1S/C21H33N3O3/c1-2-3-4-5-6-7-8-9-10-11-12-16-21(25)23-22-18-19-14-13-15-20(17-19)24(26)27/h13-15,17-18H,2-12,16H2,1H3,(H,23,25). The fourth-order valence-electron chi connectivity index (χ4n) is 2.90. The van der Waals surface area contributed by atoms with Crippen LogP contribution in [0.3, 0.4) is 0 Å². The summed E-state index contributed by atoms with van der Waals surface area (Å²) in [6.07, 6.45) is 15.6. The largest absolute Gasteiger partial charge is 0.273 e. The van der Waals surface area contributed by atoms with Crippen LogP contribution in [-0.2, 0) is 4.79 Å². The molecule has 1 aromatic rings. The molecule has 0 saturated heterocycles. The van der Waals surface area contributed by atoms with E-state index < -0.39 is 4.92 Å². The van der Waals surface area contributed by atoms with Crippen LogP contribution in [0.25, 0.3) is 0 Å². The van der Waals surface area contributed by atoms with Crippen LogP contribution in [0.15, 0.2) is 29.4 Å². The van der Waals surface area contributed by atoms with Crippen molar-refractivity contribution in [3.63, 3.8) is 0 Å². The molecule has 0 bridgehead atoms. The lowest BCUT2D eigenvalue weighted by molar-refractivity contribution is -0.384. The molecule has 6 nitrogen and oxygen atoms in total. The summed E-state index contributed by atoms with van der Waals surface area (Å²) >= 11 is 0. The van der Waals surface area contributed by atoms with Gasteiger partial charge in [0.25, 0.3) is 5.69 Å². The van der Waals surface area contributed by atoms with Crippen LogP contribution < -0.4 is 5.43 Å². The second-order valence-electron chi connectivity index (χ2n) is 6.93. The number of nitrogens with one attached hydrogen (secondary N) is 1. The molecule has 1 rings (SSSR count). The second kappa shape index (κ2) is 14.9. The summed E-state index contributed by atoms with van der Waals surface area (Å²) in [5, 5.41) is 14.6. The van der Waals surface area contributed by atoms with Crippen molar-refractivity contribution >= 4 is 17.8 Å². The molecule has 6 heteroatoms. The number of unbranched alkanes of at least 4 members (excludes halogenated alkanes) is 10. The van der Waals surface area contributed by atoms with E-state index in [9.17, 15) is 14.9 Å². The molecular weight excluding hydrogens is 342 g/mol. The minimum absolute atomic E-state index is 0.00577. The van der Waals surface area contributed by atoms with E-state index in [0.29, 0.717) is 12.0 Å². The van der Waals surface area contributed by atoms with Gasteiger partial charge in [-0.05, 0) is 6.42 Å². The third kappa shape index (κ3) is 11.9. The Morgan fingerprint density at radius 3 is 2.22 bits per heavy atom. The van der Waals surface area contributed by atoms with Crippen LogP contribution >= 0.6 is 0 Å². The Hall–Kier alpha value is -2.24. The highest BCUT2D eigenvalue weighted by Crippen LogP contribution is 2.12. The zero-order valence-electron chi connectivity index (χ0n) is 16.5. The molecule has 0 aliphatic rings. The first kappa shape index (κ1) is 22.8. The van der Waals surface area contributed by atoms with Gasteiger partial charge in [0.05, 0.1) is 11.1 Å². The first-order chi connectivity index (χ1) is 13.1. The molecule has 1 amide bonds. The van der Waals surface area contributed by atoms with Gasteiger partial charge < -0.3 is 0 Å². The van der Waals surface area contributed by atoms with Crippen molar-refractivity contribution in [2.45, 2.75) is 84.0 Å². The lowest BCUT2D eigenvalue weighted by Crippen LogP contribution is -2.16. The minimum atomic E-state index is -0.456. The number of rotatable bonds is 15. The van der Waals surface area contributed by atoms with Crippen molar-refractivity contribution in [3.05, 3.63) is 39.9 Å². The SMILES string of the molecule is CCCCCCCCCCCCCC(=O)NN=Cc1cccc([N+](=O)[O-])c1. The van der Waals surface area contributed by atoms with Crippen molar-refractivity contribution in [1.29, 1.82) is 0 Å². The molecule has 1 N–H and O–H groups in total. The normalized spacial score (nSPS) is 11.0. The zero-order chi connectivity index (χ0) is 19.7. The van der Waals surface area contributed by atoms with Crippen LogP contribution in [0.4, 0.5) is 5.69 Å². The van der Waals surface area contributed by atoms with Gasteiger partial charge in [0, 0.05) is 24.1 Å². The molecule has 0 fully saturated rings. The smallest absolute Gasteiger partial charge is 0.270 e. The fraction of sp³-hybridized carbons (Fsp3) is 0.619. The number of carbonyl (C=O) groups is 1. The molecule has 0 spiro atoms. The Labute approximate surface area is 162 Å². The van der Waals surface area contributed by atoms with Crippen molar-refractivity contribution in [1.82, 2.24) is 5.43 Å². The number of nitro benzene ring substituents is 1. The number of hydrazone groups is 1. The van der Waals surface area contributed by atoms with Gasteiger partial charge in [-0.15, -0.1) is 0 Å². The topological polar surface area (TPSA) is 84.6 Å². The maximum Gasteiger partial charge on any atom is 0.270 e. The number of nitrogens with zero attached hydrogens (tertiary/aromatic N) is 2.